The molecular formula is C17H20ClNO2. The maximum absolute atomic E-state index is 11.5. The number of hydrogen-bond donors (Lipinski definition) is 1. The van der Waals surface area contributed by atoms with Crippen LogP contribution in [0.3, 0.4) is 0 Å². The summed E-state index contributed by atoms with van der Waals surface area (Å²) in [4.78, 5) is 11.5. The Bertz CT molecular complexity index is 517. The van der Waals surface area contributed by atoms with Gasteiger partial charge in [0.15, 0.2) is 0 Å². The molecule has 0 atom stereocenters. The smallest absolute Gasteiger partial charge is 0.320 e. The molecule has 0 saturated heterocycles. The Morgan fingerprint density at radius 1 is 0.905 bits per heavy atom. The first-order chi connectivity index (χ1) is 9.84. The Morgan fingerprint density at radius 2 is 1.48 bits per heavy atom. The van der Waals surface area contributed by atoms with Gasteiger partial charge < -0.3 is 10.1 Å². The fraction of sp³-hybridized carbons (Fsp3) is 0.235. The molecule has 112 valence electrons. The molecule has 0 unspecified atom stereocenters. The lowest BCUT2D eigenvalue weighted by atomic mass is 10.1. The highest BCUT2D eigenvalue weighted by Crippen LogP contribution is 2.00. The van der Waals surface area contributed by atoms with E-state index in [-0.39, 0.29) is 24.9 Å². The van der Waals surface area contributed by atoms with Gasteiger partial charge in [-0.3, -0.25) is 4.79 Å². The average molecular weight is 306 g/mol. The maximum Gasteiger partial charge on any atom is 0.320 e. The van der Waals surface area contributed by atoms with Crippen LogP contribution in [0.1, 0.15) is 11.1 Å². The van der Waals surface area contributed by atoms with Gasteiger partial charge in [0, 0.05) is 0 Å². The number of esters is 1. The third kappa shape index (κ3) is 6.93. The van der Waals surface area contributed by atoms with E-state index in [0.29, 0.717) is 6.61 Å². The van der Waals surface area contributed by atoms with Crippen LogP contribution in [0.2, 0.25) is 0 Å². The summed E-state index contributed by atoms with van der Waals surface area (Å²) in [5, 5.41) is 3.10. The fourth-order valence-electron chi connectivity index (χ4n) is 1.86. The number of nitrogens with one attached hydrogen (secondary N) is 1. The van der Waals surface area contributed by atoms with E-state index >= 15 is 0 Å². The third-order valence-corrected chi connectivity index (χ3v) is 2.95. The van der Waals surface area contributed by atoms with Gasteiger partial charge in [0.1, 0.15) is 6.61 Å². The number of ether oxygens (including phenoxy) is 1. The van der Waals surface area contributed by atoms with E-state index in [2.05, 4.69) is 17.4 Å². The minimum atomic E-state index is -0.220. The Labute approximate surface area is 131 Å². The van der Waals surface area contributed by atoms with Crippen LogP contribution in [-0.4, -0.2) is 19.1 Å². The van der Waals surface area contributed by atoms with Crippen molar-refractivity contribution in [1.29, 1.82) is 0 Å². The van der Waals surface area contributed by atoms with Gasteiger partial charge in [-0.25, -0.2) is 0 Å². The van der Waals surface area contributed by atoms with Gasteiger partial charge >= 0.3 is 5.97 Å². The highest BCUT2D eigenvalue weighted by Gasteiger charge is 2.02. The first-order valence-electron chi connectivity index (χ1n) is 6.79. The molecule has 2 aromatic carbocycles. The van der Waals surface area contributed by atoms with E-state index in [9.17, 15) is 4.79 Å². The summed E-state index contributed by atoms with van der Waals surface area (Å²) in [6.07, 6.45) is 0.910. The lowest BCUT2D eigenvalue weighted by molar-refractivity contribution is -0.143. The summed E-state index contributed by atoms with van der Waals surface area (Å²) in [5.74, 6) is -0.220. The molecule has 0 saturated carbocycles. The molecule has 0 aliphatic rings. The Kier molecular flexibility index (Phi) is 8.17. The van der Waals surface area contributed by atoms with E-state index in [1.165, 1.54) is 5.56 Å². The van der Waals surface area contributed by atoms with Crippen molar-refractivity contribution in [3.05, 3.63) is 71.8 Å². The van der Waals surface area contributed by atoms with Crippen LogP contribution in [0.15, 0.2) is 60.7 Å². The SMILES string of the molecule is Cl.O=C(CNCCc1ccccc1)OCc1ccccc1. The number of hydrogen-bond acceptors (Lipinski definition) is 3. The van der Waals surface area contributed by atoms with Gasteiger partial charge in [-0.15, -0.1) is 12.4 Å². The van der Waals surface area contributed by atoms with Crippen LogP contribution in [0, 0.1) is 0 Å². The number of carbonyl (C=O) groups is 1. The summed E-state index contributed by atoms with van der Waals surface area (Å²) in [5.41, 5.74) is 2.27. The summed E-state index contributed by atoms with van der Waals surface area (Å²) < 4.78 is 5.18. The molecule has 0 heterocycles. The molecule has 0 aromatic heterocycles. The molecule has 2 aromatic rings. The third-order valence-electron chi connectivity index (χ3n) is 2.95. The van der Waals surface area contributed by atoms with Crippen LogP contribution < -0.4 is 5.32 Å². The van der Waals surface area contributed by atoms with E-state index in [4.69, 9.17) is 4.74 Å². The molecule has 1 N–H and O–H groups in total. The van der Waals surface area contributed by atoms with Crippen LogP contribution in [-0.2, 0) is 22.6 Å². The molecule has 0 bridgehead atoms. The Hall–Kier alpha value is -1.84. The van der Waals surface area contributed by atoms with E-state index < -0.39 is 0 Å². The molecule has 0 amide bonds. The first-order valence-corrected chi connectivity index (χ1v) is 6.79. The van der Waals surface area contributed by atoms with Gasteiger partial charge in [-0.2, -0.15) is 0 Å². The van der Waals surface area contributed by atoms with Crippen molar-refractivity contribution in [2.24, 2.45) is 0 Å². The molecule has 0 aliphatic carbocycles. The monoisotopic (exact) mass is 305 g/mol. The predicted molar refractivity (Wildman–Crippen MR) is 86.5 cm³/mol. The molecule has 0 spiro atoms. The van der Waals surface area contributed by atoms with Crippen LogP contribution >= 0.6 is 12.4 Å². The lowest BCUT2D eigenvalue weighted by Gasteiger charge is -2.06. The summed E-state index contributed by atoms with van der Waals surface area (Å²) in [7, 11) is 0. The maximum atomic E-state index is 11.5. The van der Waals surface area contributed by atoms with E-state index in [0.717, 1.165) is 18.5 Å². The van der Waals surface area contributed by atoms with Crippen molar-refractivity contribution < 1.29 is 9.53 Å². The predicted octanol–water partition coefficient (Wildman–Crippen LogP) is 2.98. The van der Waals surface area contributed by atoms with Crippen molar-refractivity contribution >= 4 is 18.4 Å². The Balaban J connectivity index is 0.00000220. The van der Waals surface area contributed by atoms with E-state index in [1.807, 2.05) is 48.5 Å². The molecule has 0 aliphatic heterocycles. The lowest BCUT2D eigenvalue weighted by Crippen LogP contribution is -2.26. The number of benzene rings is 2. The van der Waals surface area contributed by atoms with Crippen LogP contribution in [0.4, 0.5) is 0 Å². The van der Waals surface area contributed by atoms with Crippen molar-refractivity contribution in [3.63, 3.8) is 0 Å². The van der Waals surface area contributed by atoms with Gasteiger partial charge in [0.05, 0.1) is 6.54 Å². The zero-order valence-electron chi connectivity index (χ0n) is 11.8. The first kappa shape index (κ1) is 17.2. The Morgan fingerprint density at radius 3 is 2.10 bits per heavy atom. The van der Waals surface area contributed by atoms with Crippen molar-refractivity contribution in [2.45, 2.75) is 13.0 Å². The number of halogens is 1. The number of carbonyl (C=O) groups excluding carboxylic acids is 1. The second kappa shape index (κ2) is 9.97. The molecular weight excluding hydrogens is 286 g/mol. The van der Waals surface area contributed by atoms with Crippen molar-refractivity contribution in [1.82, 2.24) is 5.32 Å². The topological polar surface area (TPSA) is 38.3 Å². The average Bonchev–Trinajstić information content (AvgIpc) is 2.52. The minimum absolute atomic E-state index is 0. The van der Waals surface area contributed by atoms with Gasteiger partial charge in [-0.05, 0) is 24.1 Å². The molecule has 4 heteroatoms. The van der Waals surface area contributed by atoms with Crippen molar-refractivity contribution in [3.8, 4) is 0 Å². The minimum Gasteiger partial charge on any atom is -0.460 e. The van der Waals surface area contributed by atoms with Crippen LogP contribution in [0.5, 0.6) is 0 Å². The molecule has 0 fully saturated rings. The van der Waals surface area contributed by atoms with Crippen LogP contribution in [0.25, 0.3) is 0 Å². The highest BCUT2D eigenvalue weighted by molar-refractivity contribution is 5.85. The largest absolute Gasteiger partial charge is 0.460 e. The molecule has 3 nitrogen and oxygen atoms in total. The molecule has 21 heavy (non-hydrogen) atoms. The zero-order valence-corrected chi connectivity index (χ0v) is 12.6. The fourth-order valence-corrected chi connectivity index (χ4v) is 1.86. The molecule has 0 radical (unpaired) electrons. The van der Waals surface area contributed by atoms with Crippen molar-refractivity contribution in [2.75, 3.05) is 13.1 Å². The second-order valence-electron chi connectivity index (χ2n) is 4.56. The summed E-state index contributed by atoms with van der Waals surface area (Å²) in [6, 6.07) is 19.9. The highest BCUT2D eigenvalue weighted by atomic mass is 35.5. The normalized spacial score (nSPS) is 9.71. The van der Waals surface area contributed by atoms with E-state index in [1.54, 1.807) is 0 Å². The second-order valence-corrected chi connectivity index (χ2v) is 4.56. The zero-order chi connectivity index (χ0) is 14.0. The summed E-state index contributed by atoms with van der Waals surface area (Å²) >= 11 is 0. The number of rotatable bonds is 7. The van der Waals surface area contributed by atoms with Gasteiger partial charge in [0.25, 0.3) is 0 Å². The standard InChI is InChI=1S/C17H19NO2.ClH/c19-17(20-14-16-9-5-2-6-10-16)13-18-12-11-15-7-3-1-4-8-15;/h1-10,18H,11-14H2;1H. The quantitative estimate of drug-likeness (QED) is 0.631. The van der Waals surface area contributed by atoms with Gasteiger partial charge in [-0.1, -0.05) is 60.7 Å². The summed E-state index contributed by atoms with van der Waals surface area (Å²) in [6.45, 7) is 1.35. The molecule has 2 rings (SSSR count). The van der Waals surface area contributed by atoms with Gasteiger partial charge in [0.2, 0.25) is 0 Å².